The number of thioether (sulfide) groups is 1. The monoisotopic (exact) mass is 650 g/mol. The largest absolute Gasteiger partial charge is 0.784 e. The lowest BCUT2D eigenvalue weighted by atomic mass is 10.0. The molecule has 0 saturated carbocycles. The van der Waals surface area contributed by atoms with Crippen molar-refractivity contribution in [3.63, 3.8) is 0 Å². The van der Waals surface area contributed by atoms with Crippen LogP contribution in [0.4, 0.5) is 0 Å². The number of benzene rings is 3. The van der Waals surface area contributed by atoms with Crippen molar-refractivity contribution >= 4 is 11.8 Å². The predicted octanol–water partition coefficient (Wildman–Crippen LogP) is 6.58. The summed E-state index contributed by atoms with van der Waals surface area (Å²) >= 11 is 1.59. The molecule has 5 rings (SSSR count). The van der Waals surface area contributed by atoms with Crippen LogP contribution in [0.25, 0.3) is 0 Å². The standard InChI is InChI=1S/C36H48N3O6S/c1-26-29-11-7-8-12-34(29)46-36(2,39(26)40)30-14-13-28(41-3)25-31(30)45-22-10-9-16-37-18-20-38(21-19-37)17-15-27-23-32(42-4)35(44-6)33(24-27)43-5/h7-8,11-14,23-26H,9-10,15-22H2,1-6H3/q-1. The summed E-state index contributed by atoms with van der Waals surface area (Å²) in [4.78, 5) is 5.38. The van der Waals surface area contributed by atoms with Crippen LogP contribution in [0.5, 0.6) is 28.7 Å². The molecule has 2 heterocycles. The SMILES string of the molecule is COc1ccc(C2(C)Sc3ccccc3C(C)N2[O-])c(OCCCCN2CCN(CCc3cc(OC)c(OC)c(OC)c3)CC2)c1. The van der Waals surface area contributed by atoms with Crippen molar-refractivity contribution in [2.45, 2.75) is 48.9 Å². The third-order valence-corrected chi connectivity index (χ3v) is 10.6. The Kier molecular flexibility index (Phi) is 11.6. The van der Waals surface area contributed by atoms with Gasteiger partial charge in [0, 0.05) is 55.3 Å². The third-order valence-electron chi connectivity index (χ3n) is 9.17. The summed E-state index contributed by atoms with van der Waals surface area (Å²) in [6, 6.07) is 17.8. The van der Waals surface area contributed by atoms with Gasteiger partial charge in [0.2, 0.25) is 5.75 Å². The number of unbranched alkanes of at least 4 members (excludes halogenated alkanes) is 1. The first-order chi connectivity index (χ1) is 22.3. The van der Waals surface area contributed by atoms with Gasteiger partial charge >= 0.3 is 0 Å². The van der Waals surface area contributed by atoms with E-state index < -0.39 is 4.87 Å². The zero-order valence-electron chi connectivity index (χ0n) is 28.0. The number of nitrogens with zero attached hydrogens (tertiary/aromatic N) is 3. The van der Waals surface area contributed by atoms with Gasteiger partial charge in [0.05, 0.1) is 39.9 Å². The number of hydroxylamine groups is 2. The maximum atomic E-state index is 13.7. The van der Waals surface area contributed by atoms with Crippen LogP contribution >= 0.6 is 11.8 Å². The molecule has 0 N–H and O–H groups in total. The van der Waals surface area contributed by atoms with Gasteiger partial charge in [-0.05, 0) is 81.1 Å². The molecule has 2 aliphatic rings. The van der Waals surface area contributed by atoms with Crippen LogP contribution in [-0.2, 0) is 11.3 Å². The number of methoxy groups -OCH3 is 4. The first kappa shape index (κ1) is 34.2. The van der Waals surface area contributed by atoms with E-state index in [1.807, 2.05) is 62.4 Å². The van der Waals surface area contributed by atoms with Crippen LogP contribution < -0.4 is 23.7 Å². The highest BCUT2D eigenvalue weighted by atomic mass is 32.2. The molecule has 0 amide bonds. The van der Waals surface area contributed by atoms with Crippen molar-refractivity contribution in [2.24, 2.45) is 0 Å². The molecule has 3 aromatic rings. The Morgan fingerprint density at radius 2 is 1.48 bits per heavy atom. The van der Waals surface area contributed by atoms with Gasteiger partial charge in [-0.15, -0.1) is 0 Å². The first-order valence-electron chi connectivity index (χ1n) is 16.1. The van der Waals surface area contributed by atoms with Crippen molar-refractivity contribution < 1.29 is 23.7 Å². The fraction of sp³-hybridized carbons (Fsp3) is 0.500. The Morgan fingerprint density at radius 3 is 2.13 bits per heavy atom. The fourth-order valence-corrected chi connectivity index (χ4v) is 7.86. The molecule has 1 fully saturated rings. The summed E-state index contributed by atoms with van der Waals surface area (Å²) in [6.07, 6.45) is 2.91. The van der Waals surface area contributed by atoms with E-state index in [9.17, 15) is 5.21 Å². The number of hydrogen-bond donors (Lipinski definition) is 0. The first-order valence-corrected chi connectivity index (χ1v) is 16.9. The zero-order chi connectivity index (χ0) is 32.7. The molecule has 2 aliphatic heterocycles. The van der Waals surface area contributed by atoms with Crippen molar-refractivity contribution in [3.05, 3.63) is 76.5 Å². The van der Waals surface area contributed by atoms with Crippen LogP contribution in [0.2, 0.25) is 0 Å². The van der Waals surface area contributed by atoms with Crippen LogP contribution in [0.15, 0.2) is 59.5 Å². The molecule has 3 aromatic carbocycles. The highest BCUT2D eigenvalue weighted by Gasteiger charge is 2.40. The van der Waals surface area contributed by atoms with Crippen molar-refractivity contribution in [3.8, 4) is 28.7 Å². The minimum Gasteiger partial charge on any atom is -0.784 e. The van der Waals surface area contributed by atoms with E-state index >= 15 is 0 Å². The third kappa shape index (κ3) is 7.52. The average molecular weight is 651 g/mol. The molecule has 0 spiro atoms. The Labute approximate surface area is 278 Å². The zero-order valence-corrected chi connectivity index (χ0v) is 28.9. The normalized spacial score (nSPS) is 20.6. The van der Waals surface area contributed by atoms with Crippen molar-refractivity contribution in [1.29, 1.82) is 0 Å². The van der Waals surface area contributed by atoms with Gasteiger partial charge in [-0.3, -0.25) is 0 Å². The van der Waals surface area contributed by atoms with Crippen LogP contribution in [0.3, 0.4) is 0 Å². The second kappa shape index (κ2) is 15.6. The topological polar surface area (TPSA) is 78.9 Å². The van der Waals surface area contributed by atoms with Gasteiger partial charge in [0.15, 0.2) is 11.5 Å². The van der Waals surface area contributed by atoms with E-state index in [4.69, 9.17) is 23.7 Å². The minimum atomic E-state index is -0.819. The van der Waals surface area contributed by atoms with E-state index in [0.29, 0.717) is 29.6 Å². The number of piperazine rings is 1. The Bertz CT molecular complexity index is 1420. The molecular weight excluding hydrogens is 602 g/mol. The van der Waals surface area contributed by atoms with Crippen molar-refractivity contribution in [2.75, 3.05) is 74.3 Å². The van der Waals surface area contributed by atoms with Crippen LogP contribution in [-0.4, -0.2) is 89.2 Å². The molecule has 0 radical (unpaired) electrons. The highest BCUT2D eigenvalue weighted by molar-refractivity contribution is 8.00. The Balaban J connectivity index is 1.09. The lowest BCUT2D eigenvalue weighted by Gasteiger charge is -2.53. The maximum Gasteiger partial charge on any atom is 0.203 e. The van der Waals surface area contributed by atoms with Crippen LogP contribution in [0.1, 0.15) is 49.4 Å². The molecule has 1 saturated heterocycles. The molecule has 0 aliphatic carbocycles. The minimum absolute atomic E-state index is 0.257. The van der Waals surface area contributed by atoms with E-state index in [0.717, 1.165) is 80.3 Å². The van der Waals surface area contributed by atoms with E-state index in [2.05, 4.69) is 15.9 Å². The van der Waals surface area contributed by atoms with Gasteiger partial charge in [-0.2, -0.15) is 0 Å². The smallest absolute Gasteiger partial charge is 0.203 e. The second-order valence-corrected chi connectivity index (χ2v) is 13.4. The number of fused-ring (bicyclic) bond motifs is 1. The molecule has 2 atom stereocenters. The van der Waals surface area contributed by atoms with Gasteiger partial charge < -0.3 is 43.8 Å². The molecule has 0 aromatic heterocycles. The van der Waals surface area contributed by atoms with Crippen LogP contribution in [0, 0.1) is 5.21 Å². The average Bonchev–Trinajstić information content (AvgIpc) is 3.09. The van der Waals surface area contributed by atoms with E-state index in [1.165, 1.54) is 10.6 Å². The molecule has 250 valence electrons. The van der Waals surface area contributed by atoms with Gasteiger partial charge in [0.25, 0.3) is 0 Å². The molecule has 0 bridgehead atoms. The molecule has 10 heteroatoms. The summed E-state index contributed by atoms with van der Waals surface area (Å²) in [6.45, 7) is 10.8. The van der Waals surface area contributed by atoms with E-state index in [-0.39, 0.29) is 6.04 Å². The molecule has 9 nitrogen and oxygen atoms in total. The van der Waals surface area contributed by atoms with E-state index in [1.54, 1.807) is 40.2 Å². The number of rotatable bonds is 14. The summed E-state index contributed by atoms with van der Waals surface area (Å²) in [5, 5.41) is 14.9. The van der Waals surface area contributed by atoms with Gasteiger partial charge in [-0.1, -0.05) is 30.0 Å². The maximum absolute atomic E-state index is 13.7. The molecular formula is C36H48N3O6S-. The predicted molar refractivity (Wildman–Crippen MR) is 184 cm³/mol. The molecule has 46 heavy (non-hydrogen) atoms. The second-order valence-electron chi connectivity index (χ2n) is 12.0. The molecule has 2 unspecified atom stereocenters. The number of ether oxygens (including phenoxy) is 5. The lowest BCUT2D eigenvalue weighted by molar-refractivity contribution is 0.130. The van der Waals surface area contributed by atoms with Crippen molar-refractivity contribution in [1.82, 2.24) is 14.9 Å². The lowest BCUT2D eigenvalue weighted by Crippen LogP contribution is -2.47. The summed E-state index contributed by atoms with van der Waals surface area (Å²) in [7, 11) is 6.59. The Morgan fingerprint density at radius 1 is 0.804 bits per heavy atom. The Hall–Kier alpha value is -3.15. The van der Waals surface area contributed by atoms with Gasteiger partial charge in [-0.25, -0.2) is 0 Å². The summed E-state index contributed by atoms with van der Waals surface area (Å²) in [5.74, 6) is 3.45. The number of hydrogen-bond acceptors (Lipinski definition) is 10. The summed E-state index contributed by atoms with van der Waals surface area (Å²) < 4.78 is 28.4. The highest BCUT2D eigenvalue weighted by Crippen LogP contribution is 2.55. The quantitative estimate of drug-likeness (QED) is 0.179. The summed E-state index contributed by atoms with van der Waals surface area (Å²) in [5.41, 5.74) is 3.11. The fourth-order valence-electron chi connectivity index (χ4n) is 6.40. The van der Waals surface area contributed by atoms with Gasteiger partial charge in [0.1, 0.15) is 11.5 Å².